The van der Waals surface area contributed by atoms with Crippen LogP contribution in [0.25, 0.3) is 15.9 Å². The largest absolute Gasteiger partial charge is 0.360 e. The molecule has 0 atom stereocenters. The van der Waals surface area contributed by atoms with E-state index in [-0.39, 0.29) is 17.2 Å². The van der Waals surface area contributed by atoms with E-state index in [4.69, 9.17) is 4.52 Å². The lowest BCUT2D eigenvalue weighted by Gasteiger charge is -2.13. The highest BCUT2D eigenvalue weighted by Crippen LogP contribution is 2.25. The van der Waals surface area contributed by atoms with Crippen LogP contribution in [-0.4, -0.2) is 26.4 Å². The van der Waals surface area contributed by atoms with E-state index in [0.29, 0.717) is 27.0 Å². The van der Waals surface area contributed by atoms with Crippen LogP contribution in [0.4, 0.5) is 5.82 Å². The molecule has 4 rings (SSSR count). The highest BCUT2D eigenvalue weighted by molar-refractivity contribution is 7.99. The van der Waals surface area contributed by atoms with Gasteiger partial charge in [-0.15, -0.1) is 11.3 Å². The molecule has 1 N–H and O–H groups in total. The van der Waals surface area contributed by atoms with Gasteiger partial charge in [0.15, 0.2) is 11.0 Å². The summed E-state index contributed by atoms with van der Waals surface area (Å²) >= 11 is 2.57. The first-order valence-electron chi connectivity index (χ1n) is 8.85. The quantitative estimate of drug-likeness (QED) is 0.382. The van der Waals surface area contributed by atoms with Gasteiger partial charge in [-0.1, -0.05) is 23.0 Å². The summed E-state index contributed by atoms with van der Waals surface area (Å²) in [5, 5.41) is 8.75. The molecule has 0 aliphatic carbocycles. The molecule has 0 saturated carbocycles. The molecule has 0 aliphatic rings. The van der Waals surface area contributed by atoms with Crippen LogP contribution >= 0.6 is 23.1 Å². The van der Waals surface area contributed by atoms with Gasteiger partial charge in [0.1, 0.15) is 10.5 Å². The second-order valence-corrected chi connectivity index (χ2v) is 8.53. The Morgan fingerprint density at radius 2 is 1.97 bits per heavy atom. The first-order chi connectivity index (χ1) is 13.9. The molecule has 3 aromatic heterocycles. The number of nitrogens with one attached hydrogen (secondary N) is 1. The van der Waals surface area contributed by atoms with Crippen molar-refractivity contribution in [2.45, 2.75) is 25.9 Å². The van der Waals surface area contributed by atoms with E-state index in [1.165, 1.54) is 23.1 Å². The third-order valence-electron chi connectivity index (χ3n) is 4.14. The molecule has 0 fully saturated rings. The van der Waals surface area contributed by atoms with Crippen molar-refractivity contribution in [1.82, 2.24) is 14.7 Å². The third-order valence-corrected chi connectivity index (χ3v) is 5.97. The van der Waals surface area contributed by atoms with Crippen molar-refractivity contribution in [3.8, 4) is 5.69 Å². The highest BCUT2D eigenvalue weighted by Gasteiger charge is 2.16. The van der Waals surface area contributed by atoms with Gasteiger partial charge in [-0.05, 0) is 55.5 Å². The number of aryl methyl sites for hydroxylation is 3. The van der Waals surface area contributed by atoms with E-state index < -0.39 is 0 Å². The summed E-state index contributed by atoms with van der Waals surface area (Å²) in [7, 11) is 0. The zero-order valence-corrected chi connectivity index (χ0v) is 17.7. The van der Waals surface area contributed by atoms with Gasteiger partial charge < -0.3 is 9.84 Å². The summed E-state index contributed by atoms with van der Waals surface area (Å²) in [6.07, 6.45) is 0. The number of thioether (sulfide) groups is 1. The maximum absolute atomic E-state index is 13.2. The van der Waals surface area contributed by atoms with Crippen molar-refractivity contribution in [2.24, 2.45) is 0 Å². The normalized spacial score (nSPS) is 11.1. The van der Waals surface area contributed by atoms with Crippen molar-refractivity contribution < 1.29 is 9.32 Å². The van der Waals surface area contributed by atoms with Crippen molar-refractivity contribution in [3.05, 3.63) is 63.0 Å². The lowest BCUT2D eigenvalue weighted by atomic mass is 10.1. The van der Waals surface area contributed by atoms with Crippen LogP contribution in [-0.2, 0) is 4.79 Å². The van der Waals surface area contributed by atoms with Crippen molar-refractivity contribution >= 4 is 45.0 Å². The number of hydrogen-bond acceptors (Lipinski definition) is 7. The number of carbonyl (C=O) groups excluding carboxylic acids is 1. The molecule has 148 valence electrons. The summed E-state index contributed by atoms with van der Waals surface area (Å²) in [4.78, 5) is 30.1. The summed E-state index contributed by atoms with van der Waals surface area (Å²) in [6.45, 7) is 5.72. The number of carbonyl (C=O) groups is 1. The van der Waals surface area contributed by atoms with Gasteiger partial charge in [0.2, 0.25) is 5.91 Å². The summed E-state index contributed by atoms with van der Waals surface area (Å²) in [5.74, 6) is 0.802. The Kier molecular flexibility index (Phi) is 5.25. The van der Waals surface area contributed by atoms with E-state index >= 15 is 0 Å². The van der Waals surface area contributed by atoms with E-state index in [0.717, 1.165) is 16.8 Å². The average molecular weight is 427 g/mol. The van der Waals surface area contributed by atoms with Crippen LogP contribution in [0.2, 0.25) is 0 Å². The number of benzene rings is 1. The van der Waals surface area contributed by atoms with Gasteiger partial charge in [-0.25, -0.2) is 4.98 Å². The second kappa shape index (κ2) is 7.84. The third kappa shape index (κ3) is 4.10. The first-order valence-corrected chi connectivity index (χ1v) is 10.7. The van der Waals surface area contributed by atoms with Crippen LogP contribution in [0.15, 0.2) is 50.2 Å². The Balaban J connectivity index is 1.69. The van der Waals surface area contributed by atoms with Crippen LogP contribution in [0.3, 0.4) is 0 Å². The maximum Gasteiger partial charge on any atom is 0.276 e. The van der Waals surface area contributed by atoms with Crippen molar-refractivity contribution in [2.75, 3.05) is 11.1 Å². The number of hydrogen-bond donors (Lipinski definition) is 1. The van der Waals surface area contributed by atoms with Crippen molar-refractivity contribution in [3.63, 3.8) is 0 Å². The Hall–Kier alpha value is -2.91. The zero-order valence-electron chi connectivity index (χ0n) is 16.1. The van der Waals surface area contributed by atoms with E-state index in [2.05, 4.69) is 15.5 Å². The molecule has 0 radical (unpaired) electrons. The predicted molar refractivity (Wildman–Crippen MR) is 115 cm³/mol. The average Bonchev–Trinajstić information content (AvgIpc) is 3.28. The molecular weight excluding hydrogens is 408 g/mol. The molecule has 0 spiro atoms. The predicted octanol–water partition coefficient (Wildman–Crippen LogP) is 4.09. The van der Waals surface area contributed by atoms with Gasteiger partial charge >= 0.3 is 0 Å². The Morgan fingerprint density at radius 1 is 1.21 bits per heavy atom. The lowest BCUT2D eigenvalue weighted by molar-refractivity contribution is -0.113. The minimum absolute atomic E-state index is 0.0821. The fourth-order valence-electron chi connectivity index (χ4n) is 3.03. The number of fused-ring (bicyclic) bond motifs is 1. The molecule has 0 bridgehead atoms. The summed E-state index contributed by atoms with van der Waals surface area (Å²) in [5.41, 5.74) is 3.34. The summed E-state index contributed by atoms with van der Waals surface area (Å²) < 4.78 is 7.13. The standard InChI is InChI=1S/C20H18N4O3S2/c1-11-6-12(2)8-14(7-11)24-19(26)18-15(4-5-28-18)21-20(24)29-10-17(25)22-16-9-13(3)27-23-16/h4-9H,10H2,1-3H3,(H,22,23,25). The molecule has 0 aliphatic heterocycles. The van der Waals surface area contributed by atoms with E-state index in [9.17, 15) is 9.59 Å². The van der Waals surface area contributed by atoms with Gasteiger partial charge in [0.05, 0.1) is 17.0 Å². The molecule has 3 heterocycles. The molecule has 0 saturated heterocycles. The smallest absolute Gasteiger partial charge is 0.276 e. The first kappa shape index (κ1) is 19.4. The molecular formula is C20H18N4O3S2. The van der Waals surface area contributed by atoms with Gasteiger partial charge in [-0.3, -0.25) is 14.2 Å². The molecule has 1 amide bonds. The van der Waals surface area contributed by atoms with Crippen LogP contribution in [0, 0.1) is 20.8 Å². The summed E-state index contributed by atoms with van der Waals surface area (Å²) in [6, 6.07) is 9.39. The molecule has 29 heavy (non-hydrogen) atoms. The number of amides is 1. The van der Waals surface area contributed by atoms with Gasteiger partial charge in [0, 0.05) is 6.07 Å². The highest BCUT2D eigenvalue weighted by atomic mass is 32.2. The minimum Gasteiger partial charge on any atom is -0.360 e. The molecule has 1 aromatic carbocycles. The minimum atomic E-state index is -0.255. The van der Waals surface area contributed by atoms with E-state index in [1.54, 1.807) is 17.6 Å². The second-order valence-electron chi connectivity index (χ2n) is 6.68. The van der Waals surface area contributed by atoms with E-state index in [1.807, 2.05) is 43.5 Å². The monoisotopic (exact) mass is 426 g/mol. The number of thiophene rings is 1. The Labute approximate surface area is 174 Å². The molecule has 4 aromatic rings. The van der Waals surface area contributed by atoms with Crippen LogP contribution in [0.5, 0.6) is 0 Å². The molecule has 0 unspecified atom stereocenters. The number of anilines is 1. The Morgan fingerprint density at radius 3 is 2.66 bits per heavy atom. The number of aromatic nitrogens is 3. The van der Waals surface area contributed by atoms with Crippen LogP contribution < -0.4 is 10.9 Å². The molecule has 7 nitrogen and oxygen atoms in total. The fourth-order valence-corrected chi connectivity index (χ4v) is 4.60. The number of rotatable bonds is 5. The fraction of sp³-hybridized carbons (Fsp3) is 0.200. The van der Waals surface area contributed by atoms with Crippen molar-refractivity contribution in [1.29, 1.82) is 0 Å². The van der Waals surface area contributed by atoms with Crippen LogP contribution in [0.1, 0.15) is 16.9 Å². The molecule has 9 heteroatoms. The lowest BCUT2D eigenvalue weighted by Crippen LogP contribution is -2.22. The van der Waals surface area contributed by atoms with Gasteiger partial charge in [0.25, 0.3) is 5.56 Å². The SMILES string of the molecule is Cc1cc(C)cc(-n2c(SCC(=O)Nc3cc(C)on3)nc3ccsc3c2=O)c1. The Bertz CT molecular complexity index is 1250. The maximum atomic E-state index is 13.2. The topological polar surface area (TPSA) is 90.0 Å². The van der Waals surface area contributed by atoms with Gasteiger partial charge in [-0.2, -0.15) is 0 Å². The number of nitrogens with zero attached hydrogens (tertiary/aromatic N) is 3. The zero-order chi connectivity index (χ0) is 20.5.